The van der Waals surface area contributed by atoms with Crippen molar-refractivity contribution < 1.29 is 19.1 Å². The van der Waals surface area contributed by atoms with Gasteiger partial charge in [-0.25, -0.2) is 9.69 Å². The van der Waals surface area contributed by atoms with Gasteiger partial charge < -0.3 is 4.74 Å². The third kappa shape index (κ3) is 2.01. The highest BCUT2D eigenvalue weighted by Crippen LogP contribution is 2.28. The number of carbonyl (C=O) groups excluding carboxylic acids is 3. The summed E-state index contributed by atoms with van der Waals surface area (Å²) in [5.41, 5.74) is 0.268. The number of carbonyl (C=O) groups is 3. The molecule has 7 heteroatoms. The number of hydrogen-bond donors (Lipinski definition) is 1. The summed E-state index contributed by atoms with van der Waals surface area (Å²) in [6.07, 6.45) is 0. The summed E-state index contributed by atoms with van der Waals surface area (Å²) in [5.74, 6) is -1.38. The van der Waals surface area contributed by atoms with E-state index in [0.717, 1.165) is 4.90 Å². The van der Waals surface area contributed by atoms with Crippen LogP contribution in [0.1, 0.15) is 0 Å². The van der Waals surface area contributed by atoms with E-state index in [2.05, 4.69) is 15.9 Å². The van der Waals surface area contributed by atoms with Gasteiger partial charge >= 0.3 is 17.8 Å². The lowest BCUT2D eigenvalue weighted by atomic mass is 10.3. The minimum Gasteiger partial charge on any atom is -0.497 e. The molecule has 1 aromatic rings. The molecule has 88 valence electrons. The van der Waals surface area contributed by atoms with E-state index in [4.69, 9.17) is 4.74 Å². The van der Waals surface area contributed by atoms with Crippen molar-refractivity contribution in [3.05, 3.63) is 22.7 Å². The summed E-state index contributed by atoms with van der Waals surface area (Å²) in [7, 11) is 1.46. The predicted molar refractivity (Wildman–Crippen MR) is 61.7 cm³/mol. The number of rotatable bonds is 2. The second-order valence-electron chi connectivity index (χ2n) is 3.25. The fourth-order valence-corrected chi connectivity index (χ4v) is 1.89. The van der Waals surface area contributed by atoms with Crippen molar-refractivity contribution in [1.29, 1.82) is 0 Å². The normalized spacial score (nSPS) is 15.2. The van der Waals surface area contributed by atoms with E-state index in [1.54, 1.807) is 12.1 Å². The molecule has 17 heavy (non-hydrogen) atoms. The minimum atomic E-state index is -0.936. The third-order valence-electron chi connectivity index (χ3n) is 2.17. The van der Waals surface area contributed by atoms with E-state index in [9.17, 15) is 14.4 Å². The lowest BCUT2D eigenvalue weighted by Gasteiger charge is -2.13. The van der Waals surface area contributed by atoms with Gasteiger partial charge in [0.05, 0.1) is 12.8 Å². The molecule has 1 fully saturated rings. The molecule has 0 spiro atoms. The number of imide groups is 2. The number of benzene rings is 1. The molecule has 1 saturated heterocycles. The fraction of sp³-hybridized carbons (Fsp3) is 0.100. The zero-order valence-corrected chi connectivity index (χ0v) is 10.3. The second-order valence-corrected chi connectivity index (χ2v) is 4.16. The molecule has 1 aliphatic heterocycles. The van der Waals surface area contributed by atoms with Crippen LogP contribution in [0.25, 0.3) is 0 Å². The second kappa shape index (κ2) is 4.17. The molecule has 0 atom stereocenters. The maximum atomic E-state index is 11.5. The average Bonchev–Trinajstić information content (AvgIpc) is 2.52. The van der Waals surface area contributed by atoms with Crippen molar-refractivity contribution in [2.45, 2.75) is 0 Å². The van der Waals surface area contributed by atoms with Gasteiger partial charge in [-0.3, -0.25) is 14.9 Å². The Hall–Kier alpha value is -1.89. The number of ether oxygens (including phenoxy) is 1. The topological polar surface area (TPSA) is 75.7 Å². The molecule has 1 aromatic carbocycles. The molecule has 0 unspecified atom stereocenters. The molecule has 0 aromatic heterocycles. The molecule has 1 aliphatic rings. The van der Waals surface area contributed by atoms with Crippen molar-refractivity contribution >= 4 is 39.5 Å². The molecule has 6 nitrogen and oxygen atoms in total. The number of hydrogen-bond acceptors (Lipinski definition) is 4. The Morgan fingerprint density at radius 2 is 1.94 bits per heavy atom. The summed E-state index contributed by atoms with van der Waals surface area (Å²) >= 11 is 3.22. The third-order valence-corrected chi connectivity index (χ3v) is 2.63. The van der Waals surface area contributed by atoms with E-state index >= 15 is 0 Å². The van der Waals surface area contributed by atoms with Crippen LogP contribution in [0.5, 0.6) is 5.75 Å². The monoisotopic (exact) mass is 298 g/mol. The minimum absolute atomic E-state index is 0.268. The lowest BCUT2D eigenvalue weighted by molar-refractivity contribution is -0.134. The van der Waals surface area contributed by atoms with Crippen LogP contribution in [0.4, 0.5) is 10.5 Å². The van der Waals surface area contributed by atoms with Crippen molar-refractivity contribution in [1.82, 2.24) is 5.32 Å². The first kappa shape index (κ1) is 11.6. The van der Waals surface area contributed by atoms with Gasteiger partial charge in [0.2, 0.25) is 0 Å². The molecule has 1 N–H and O–H groups in total. The number of halogens is 1. The fourth-order valence-electron chi connectivity index (χ4n) is 1.43. The van der Waals surface area contributed by atoms with Gasteiger partial charge in [-0.05, 0) is 12.1 Å². The molecule has 0 bridgehead atoms. The number of urea groups is 1. The van der Waals surface area contributed by atoms with Crippen molar-refractivity contribution in [2.75, 3.05) is 12.0 Å². The summed E-state index contributed by atoms with van der Waals surface area (Å²) in [5, 5.41) is 1.91. The van der Waals surface area contributed by atoms with Crippen molar-refractivity contribution in [3.63, 3.8) is 0 Å². The first-order valence-electron chi connectivity index (χ1n) is 4.57. The molecule has 1 heterocycles. The van der Waals surface area contributed by atoms with Gasteiger partial charge in [-0.2, -0.15) is 0 Å². The smallest absolute Gasteiger partial charge is 0.336 e. The first-order chi connectivity index (χ1) is 8.02. The highest BCUT2D eigenvalue weighted by molar-refractivity contribution is 9.10. The van der Waals surface area contributed by atoms with Crippen LogP contribution in [0.3, 0.4) is 0 Å². The SMILES string of the molecule is COc1cc(Br)cc(N2C(=O)NC(=O)C2=O)c1. The molecular formula is C10H7BrN2O4. The Kier molecular flexibility index (Phi) is 2.84. The average molecular weight is 299 g/mol. The Morgan fingerprint density at radius 1 is 1.24 bits per heavy atom. The number of nitrogens with one attached hydrogen (secondary N) is 1. The van der Waals surface area contributed by atoms with E-state index in [1.165, 1.54) is 13.2 Å². The van der Waals surface area contributed by atoms with E-state index in [-0.39, 0.29) is 5.69 Å². The Labute approximate surface area is 105 Å². The molecule has 0 saturated carbocycles. The quantitative estimate of drug-likeness (QED) is 0.654. The van der Waals surface area contributed by atoms with Gasteiger partial charge in [0, 0.05) is 10.5 Å². The Bertz CT molecular complexity index is 529. The van der Waals surface area contributed by atoms with Crippen molar-refractivity contribution in [3.8, 4) is 5.75 Å². The van der Waals surface area contributed by atoms with Gasteiger partial charge in [0.15, 0.2) is 0 Å². The van der Waals surface area contributed by atoms with Crippen LogP contribution in [0.15, 0.2) is 22.7 Å². The van der Waals surface area contributed by atoms with Crippen LogP contribution in [0.2, 0.25) is 0 Å². The molecule has 0 aliphatic carbocycles. The number of nitrogens with zero attached hydrogens (tertiary/aromatic N) is 1. The maximum Gasteiger partial charge on any atom is 0.336 e. The summed E-state index contributed by atoms with van der Waals surface area (Å²) in [6, 6.07) is 3.93. The number of amides is 4. The van der Waals surface area contributed by atoms with Gasteiger partial charge in [-0.1, -0.05) is 15.9 Å². The van der Waals surface area contributed by atoms with Crippen LogP contribution < -0.4 is 15.0 Å². The predicted octanol–water partition coefficient (Wildman–Crippen LogP) is 1.04. The van der Waals surface area contributed by atoms with Gasteiger partial charge in [-0.15, -0.1) is 0 Å². The highest BCUT2D eigenvalue weighted by atomic mass is 79.9. The molecule has 2 rings (SSSR count). The molecular weight excluding hydrogens is 292 g/mol. The van der Waals surface area contributed by atoms with Gasteiger partial charge in [0.1, 0.15) is 5.75 Å². The molecule has 0 radical (unpaired) electrons. The number of anilines is 1. The summed E-state index contributed by atoms with van der Waals surface area (Å²) < 4.78 is 5.64. The largest absolute Gasteiger partial charge is 0.497 e. The van der Waals surface area contributed by atoms with Crippen molar-refractivity contribution in [2.24, 2.45) is 0 Å². The number of methoxy groups -OCH3 is 1. The van der Waals surface area contributed by atoms with Crippen LogP contribution in [0, 0.1) is 0 Å². The van der Waals surface area contributed by atoms with E-state index in [0.29, 0.717) is 10.2 Å². The Balaban J connectivity index is 2.47. The van der Waals surface area contributed by atoms with E-state index < -0.39 is 17.8 Å². The standard InChI is InChI=1S/C10H7BrN2O4/c1-17-7-3-5(11)2-6(4-7)13-9(15)8(14)12-10(13)16/h2-4H,1H3,(H,12,14,16). The van der Waals surface area contributed by atoms with Gasteiger partial charge in [0.25, 0.3) is 0 Å². The maximum absolute atomic E-state index is 11.5. The van der Waals surface area contributed by atoms with E-state index in [1.807, 2.05) is 5.32 Å². The zero-order chi connectivity index (χ0) is 12.6. The first-order valence-corrected chi connectivity index (χ1v) is 5.36. The molecule has 4 amide bonds. The van der Waals surface area contributed by atoms with Crippen LogP contribution in [-0.4, -0.2) is 25.0 Å². The van der Waals surface area contributed by atoms with Crippen LogP contribution >= 0.6 is 15.9 Å². The Morgan fingerprint density at radius 3 is 2.47 bits per heavy atom. The lowest BCUT2D eigenvalue weighted by Crippen LogP contribution is -2.30. The van der Waals surface area contributed by atoms with Crippen LogP contribution in [-0.2, 0) is 9.59 Å². The zero-order valence-electron chi connectivity index (χ0n) is 8.69. The highest BCUT2D eigenvalue weighted by Gasteiger charge is 2.38. The summed E-state index contributed by atoms with van der Waals surface area (Å²) in [4.78, 5) is 34.7. The summed E-state index contributed by atoms with van der Waals surface area (Å²) in [6.45, 7) is 0.